The van der Waals surface area contributed by atoms with E-state index < -0.39 is 10.0 Å². The largest absolute Gasteiger partial charge is 0.441 e. The summed E-state index contributed by atoms with van der Waals surface area (Å²) < 4.78 is 33.1. The van der Waals surface area contributed by atoms with Crippen molar-refractivity contribution in [3.8, 4) is 0 Å². The predicted molar refractivity (Wildman–Crippen MR) is 85.5 cm³/mol. The fourth-order valence-electron chi connectivity index (χ4n) is 2.31. The summed E-state index contributed by atoms with van der Waals surface area (Å²) in [6.45, 7) is 5.39. The fraction of sp³-hybridized carbons (Fsp3) is 0.188. The van der Waals surface area contributed by atoms with Crippen LogP contribution in [0.25, 0.3) is 11.1 Å². The van der Waals surface area contributed by atoms with Crippen molar-refractivity contribution in [1.29, 1.82) is 0 Å². The maximum atomic E-state index is 12.6. The summed E-state index contributed by atoms with van der Waals surface area (Å²) in [5.74, 6) is 0.546. The highest BCUT2D eigenvalue weighted by Crippen LogP contribution is 2.24. The van der Waals surface area contributed by atoms with Crippen molar-refractivity contribution in [1.82, 2.24) is 4.98 Å². The topological polar surface area (TPSA) is 72.2 Å². The van der Waals surface area contributed by atoms with Gasteiger partial charge in [0.05, 0.1) is 10.6 Å². The zero-order valence-corrected chi connectivity index (χ0v) is 13.4. The highest BCUT2D eigenvalue weighted by molar-refractivity contribution is 7.92. The van der Waals surface area contributed by atoms with E-state index in [0.29, 0.717) is 28.2 Å². The molecule has 0 amide bonds. The van der Waals surface area contributed by atoms with Crippen LogP contribution in [0, 0.1) is 20.8 Å². The van der Waals surface area contributed by atoms with Gasteiger partial charge in [-0.3, -0.25) is 4.72 Å². The molecule has 0 radical (unpaired) electrons. The van der Waals surface area contributed by atoms with Gasteiger partial charge in [0.15, 0.2) is 11.5 Å². The van der Waals surface area contributed by atoms with Gasteiger partial charge in [0.25, 0.3) is 10.0 Å². The molecule has 0 unspecified atom stereocenters. The van der Waals surface area contributed by atoms with Gasteiger partial charge in [0, 0.05) is 13.0 Å². The van der Waals surface area contributed by atoms with E-state index in [-0.39, 0.29) is 4.90 Å². The van der Waals surface area contributed by atoms with E-state index >= 15 is 0 Å². The van der Waals surface area contributed by atoms with Crippen molar-refractivity contribution in [3.05, 3.63) is 53.4 Å². The minimum Gasteiger partial charge on any atom is -0.441 e. The van der Waals surface area contributed by atoms with Crippen LogP contribution in [0.4, 0.5) is 5.69 Å². The minimum atomic E-state index is -3.64. The van der Waals surface area contributed by atoms with E-state index in [1.165, 1.54) is 0 Å². The highest BCUT2D eigenvalue weighted by Gasteiger charge is 2.17. The molecule has 0 aliphatic rings. The van der Waals surface area contributed by atoms with Crippen molar-refractivity contribution in [2.45, 2.75) is 25.7 Å². The first-order valence-corrected chi connectivity index (χ1v) is 8.31. The molecule has 1 aromatic heterocycles. The van der Waals surface area contributed by atoms with Crippen LogP contribution < -0.4 is 4.72 Å². The average Bonchev–Trinajstić information content (AvgIpc) is 2.80. The molecule has 0 aliphatic carbocycles. The molecule has 5 nitrogen and oxygen atoms in total. The van der Waals surface area contributed by atoms with Crippen molar-refractivity contribution in [2.24, 2.45) is 0 Å². The third kappa shape index (κ3) is 2.69. The van der Waals surface area contributed by atoms with Gasteiger partial charge in [0.1, 0.15) is 5.52 Å². The normalized spacial score (nSPS) is 11.8. The van der Waals surface area contributed by atoms with Crippen molar-refractivity contribution < 1.29 is 12.8 Å². The van der Waals surface area contributed by atoms with Crippen LogP contribution >= 0.6 is 0 Å². The van der Waals surface area contributed by atoms with Crippen molar-refractivity contribution in [3.63, 3.8) is 0 Å². The maximum Gasteiger partial charge on any atom is 0.262 e. The first kappa shape index (κ1) is 14.6. The standard InChI is InChI=1S/C16H16N2O3S/c1-10-4-5-11(2)16(8-10)22(19,20)18-13-6-7-14-15(9-13)21-12(3)17-14/h4-9,18H,1-3H3. The number of hydrogen-bond donors (Lipinski definition) is 1. The first-order valence-electron chi connectivity index (χ1n) is 6.82. The minimum absolute atomic E-state index is 0.279. The monoisotopic (exact) mass is 316 g/mol. The Labute approximate surface area is 129 Å². The van der Waals surface area contributed by atoms with Crippen LogP contribution in [0.3, 0.4) is 0 Å². The fourth-order valence-corrected chi connectivity index (χ4v) is 3.69. The summed E-state index contributed by atoms with van der Waals surface area (Å²) in [5.41, 5.74) is 3.30. The molecule has 0 saturated heterocycles. The summed E-state index contributed by atoms with van der Waals surface area (Å²) in [6.07, 6.45) is 0. The molecular weight excluding hydrogens is 300 g/mol. The second-order valence-electron chi connectivity index (χ2n) is 5.29. The third-order valence-corrected chi connectivity index (χ3v) is 4.90. The number of fused-ring (bicyclic) bond motifs is 1. The van der Waals surface area contributed by atoms with Gasteiger partial charge < -0.3 is 4.42 Å². The molecule has 0 fully saturated rings. The number of nitrogens with zero attached hydrogens (tertiary/aromatic N) is 1. The van der Waals surface area contributed by atoms with E-state index in [9.17, 15) is 8.42 Å². The Kier molecular flexibility index (Phi) is 3.41. The highest BCUT2D eigenvalue weighted by atomic mass is 32.2. The number of oxazole rings is 1. The third-order valence-electron chi connectivity index (χ3n) is 3.38. The molecule has 0 atom stereocenters. The second kappa shape index (κ2) is 5.14. The van der Waals surface area contributed by atoms with Crippen LogP contribution in [0.1, 0.15) is 17.0 Å². The number of aryl methyl sites for hydroxylation is 3. The lowest BCUT2D eigenvalue weighted by molar-refractivity contribution is 0.561. The lowest BCUT2D eigenvalue weighted by atomic mass is 10.2. The summed E-state index contributed by atoms with van der Waals surface area (Å²) in [6, 6.07) is 10.4. The molecule has 0 spiro atoms. The van der Waals surface area contributed by atoms with E-state index in [1.807, 2.05) is 13.0 Å². The number of anilines is 1. The first-order chi connectivity index (χ1) is 10.3. The van der Waals surface area contributed by atoms with Crippen LogP contribution in [-0.4, -0.2) is 13.4 Å². The quantitative estimate of drug-likeness (QED) is 0.802. The molecule has 114 valence electrons. The van der Waals surface area contributed by atoms with Crippen LogP contribution in [0.15, 0.2) is 45.7 Å². The van der Waals surface area contributed by atoms with Crippen LogP contribution in [0.2, 0.25) is 0 Å². The number of aromatic nitrogens is 1. The predicted octanol–water partition coefficient (Wildman–Crippen LogP) is 3.55. The van der Waals surface area contributed by atoms with Gasteiger partial charge >= 0.3 is 0 Å². The summed E-state index contributed by atoms with van der Waals surface area (Å²) in [7, 11) is -3.64. The number of hydrogen-bond acceptors (Lipinski definition) is 4. The summed E-state index contributed by atoms with van der Waals surface area (Å²) >= 11 is 0. The number of sulfonamides is 1. The van der Waals surface area contributed by atoms with Gasteiger partial charge in [-0.05, 0) is 43.2 Å². The van der Waals surface area contributed by atoms with Gasteiger partial charge in [-0.25, -0.2) is 13.4 Å². The molecule has 1 heterocycles. The molecule has 0 bridgehead atoms. The zero-order chi connectivity index (χ0) is 15.9. The molecule has 0 saturated carbocycles. The van der Waals surface area contributed by atoms with Crippen LogP contribution in [0.5, 0.6) is 0 Å². The Morgan fingerprint density at radius 2 is 1.82 bits per heavy atom. The molecule has 0 aliphatic heterocycles. The molecule has 2 aromatic carbocycles. The average molecular weight is 316 g/mol. The van der Waals surface area contributed by atoms with Gasteiger partial charge in [-0.1, -0.05) is 12.1 Å². The number of nitrogens with one attached hydrogen (secondary N) is 1. The Morgan fingerprint density at radius 3 is 2.59 bits per heavy atom. The summed E-state index contributed by atoms with van der Waals surface area (Å²) in [4.78, 5) is 4.47. The van der Waals surface area contributed by atoms with Gasteiger partial charge in [-0.2, -0.15) is 0 Å². The smallest absolute Gasteiger partial charge is 0.262 e. The van der Waals surface area contributed by atoms with E-state index in [1.54, 1.807) is 44.2 Å². The lowest BCUT2D eigenvalue weighted by Gasteiger charge is -2.11. The Bertz CT molecular complexity index is 959. The SMILES string of the molecule is Cc1ccc(C)c(S(=O)(=O)Nc2ccc3nc(C)oc3c2)c1. The number of rotatable bonds is 3. The van der Waals surface area contributed by atoms with Gasteiger partial charge in [-0.15, -0.1) is 0 Å². The molecule has 1 N–H and O–H groups in total. The summed E-state index contributed by atoms with van der Waals surface area (Å²) in [5, 5.41) is 0. The lowest BCUT2D eigenvalue weighted by Crippen LogP contribution is -2.14. The molecule has 22 heavy (non-hydrogen) atoms. The zero-order valence-electron chi connectivity index (χ0n) is 12.5. The molecule has 3 aromatic rings. The Morgan fingerprint density at radius 1 is 1.05 bits per heavy atom. The van der Waals surface area contributed by atoms with E-state index in [2.05, 4.69) is 9.71 Å². The maximum absolute atomic E-state index is 12.6. The Balaban J connectivity index is 2.00. The van der Waals surface area contributed by atoms with Crippen LogP contribution in [-0.2, 0) is 10.0 Å². The van der Waals surface area contributed by atoms with Gasteiger partial charge in [0.2, 0.25) is 0 Å². The van der Waals surface area contributed by atoms with Crippen molar-refractivity contribution in [2.75, 3.05) is 4.72 Å². The van der Waals surface area contributed by atoms with E-state index in [0.717, 1.165) is 5.56 Å². The molecule has 6 heteroatoms. The van der Waals surface area contributed by atoms with E-state index in [4.69, 9.17) is 4.42 Å². The Hall–Kier alpha value is -2.34. The molecular formula is C16H16N2O3S. The van der Waals surface area contributed by atoms with Crippen molar-refractivity contribution >= 4 is 26.8 Å². The number of benzene rings is 2. The second-order valence-corrected chi connectivity index (χ2v) is 6.94. The molecule has 3 rings (SSSR count).